The Labute approximate surface area is 123 Å². The summed E-state index contributed by atoms with van der Waals surface area (Å²) in [5.74, 6) is 0.286. The molecule has 0 amide bonds. The SMILES string of the molecule is CC(=NOc1cc(Br)cc([N+](=O)[O-])c1)c1cccnc1. The standard InChI is InChI=1S/C13H10BrN3O3/c1-9(10-3-2-4-15-8-10)16-20-13-6-11(14)5-12(7-13)17(18)19/h2-8H,1H3. The van der Waals surface area contributed by atoms with Crippen molar-refractivity contribution < 1.29 is 9.76 Å². The van der Waals surface area contributed by atoms with Crippen molar-refractivity contribution in [2.24, 2.45) is 5.16 Å². The lowest BCUT2D eigenvalue weighted by atomic mass is 10.2. The summed E-state index contributed by atoms with van der Waals surface area (Å²) in [6.07, 6.45) is 3.32. The summed E-state index contributed by atoms with van der Waals surface area (Å²) in [6, 6.07) is 7.94. The third-order valence-electron chi connectivity index (χ3n) is 2.43. The first kappa shape index (κ1) is 14.1. The van der Waals surface area contributed by atoms with Gasteiger partial charge in [0.1, 0.15) is 0 Å². The first-order chi connectivity index (χ1) is 9.56. The van der Waals surface area contributed by atoms with Crippen LogP contribution in [-0.4, -0.2) is 15.6 Å². The van der Waals surface area contributed by atoms with Crippen molar-refractivity contribution in [1.82, 2.24) is 4.98 Å². The van der Waals surface area contributed by atoms with Gasteiger partial charge in [0.25, 0.3) is 5.69 Å². The highest BCUT2D eigenvalue weighted by Gasteiger charge is 2.10. The van der Waals surface area contributed by atoms with E-state index in [2.05, 4.69) is 26.1 Å². The number of oxime groups is 1. The highest BCUT2D eigenvalue weighted by molar-refractivity contribution is 9.10. The number of benzene rings is 1. The molecule has 0 unspecified atom stereocenters. The molecule has 0 spiro atoms. The highest BCUT2D eigenvalue weighted by Crippen LogP contribution is 2.26. The van der Waals surface area contributed by atoms with Crippen molar-refractivity contribution in [3.05, 3.63) is 62.9 Å². The second kappa shape index (κ2) is 6.25. The Morgan fingerprint density at radius 3 is 2.90 bits per heavy atom. The van der Waals surface area contributed by atoms with E-state index in [0.29, 0.717) is 10.2 Å². The molecule has 1 aromatic heterocycles. The molecule has 0 bridgehead atoms. The van der Waals surface area contributed by atoms with E-state index in [0.717, 1.165) is 5.56 Å². The molecule has 0 aliphatic heterocycles. The fraction of sp³-hybridized carbons (Fsp3) is 0.0769. The largest absolute Gasteiger partial charge is 0.356 e. The second-order valence-electron chi connectivity index (χ2n) is 3.91. The fourth-order valence-electron chi connectivity index (χ4n) is 1.46. The summed E-state index contributed by atoms with van der Waals surface area (Å²) >= 11 is 3.19. The monoisotopic (exact) mass is 335 g/mol. The van der Waals surface area contributed by atoms with Crippen molar-refractivity contribution in [3.8, 4) is 5.75 Å². The summed E-state index contributed by atoms with van der Waals surface area (Å²) in [5, 5.41) is 14.7. The minimum atomic E-state index is -0.491. The van der Waals surface area contributed by atoms with Crippen LogP contribution in [0.2, 0.25) is 0 Å². The lowest BCUT2D eigenvalue weighted by Gasteiger charge is -2.02. The summed E-state index contributed by atoms with van der Waals surface area (Å²) in [5.41, 5.74) is 1.38. The van der Waals surface area contributed by atoms with Crippen LogP contribution in [-0.2, 0) is 0 Å². The van der Waals surface area contributed by atoms with Gasteiger partial charge in [0.05, 0.1) is 16.7 Å². The van der Waals surface area contributed by atoms with Gasteiger partial charge in [0, 0.05) is 28.5 Å². The molecule has 20 heavy (non-hydrogen) atoms. The highest BCUT2D eigenvalue weighted by atomic mass is 79.9. The van der Waals surface area contributed by atoms with E-state index >= 15 is 0 Å². The van der Waals surface area contributed by atoms with Crippen molar-refractivity contribution in [1.29, 1.82) is 0 Å². The first-order valence-electron chi connectivity index (χ1n) is 5.63. The molecular weight excluding hydrogens is 326 g/mol. The second-order valence-corrected chi connectivity index (χ2v) is 4.83. The number of nitro benzene ring substituents is 1. The maximum absolute atomic E-state index is 10.8. The summed E-state index contributed by atoms with van der Waals surface area (Å²) < 4.78 is 0.552. The average Bonchev–Trinajstić information content (AvgIpc) is 2.45. The third kappa shape index (κ3) is 3.61. The van der Waals surface area contributed by atoms with Crippen molar-refractivity contribution >= 4 is 27.3 Å². The van der Waals surface area contributed by atoms with Gasteiger partial charge >= 0.3 is 0 Å². The van der Waals surface area contributed by atoms with Gasteiger partial charge in [0.2, 0.25) is 0 Å². The zero-order valence-electron chi connectivity index (χ0n) is 10.5. The summed E-state index contributed by atoms with van der Waals surface area (Å²) in [4.78, 5) is 19.5. The van der Waals surface area contributed by atoms with Crippen LogP contribution in [0.25, 0.3) is 0 Å². The molecule has 0 aliphatic carbocycles. The van der Waals surface area contributed by atoms with Crippen LogP contribution in [0.4, 0.5) is 5.69 Å². The van der Waals surface area contributed by atoms with Crippen LogP contribution >= 0.6 is 15.9 Å². The molecular formula is C13H10BrN3O3. The number of non-ortho nitro benzene ring substituents is 1. The van der Waals surface area contributed by atoms with Crippen LogP contribution < -0.4 is 4.84 Å². The molecule has 0 fully saturated rings. The van der Waals surface area contributed by atoms with Gasteiger partial charge in [-0.2, -0.15) is 0 Å². The molecule has 0 saturated heterocycles. The zero-order chi connectivity index (χ0) is 14.5. The average molecular weight is 336 g/mol. The number of pyridine rings is 1. The molecule has 0 atom stereocenters. The normalized spacial score (nSPS) is 11.2. The smallest absolute Gasteiger partial charge is 0.274 e. The van der Waals surface area contributed by atoms with Gasteiger partial charge in [0.15, 0.2) is 5.75 Å². The van der Waals surface area contributed by atoms with E-state index in [9.17, 15) is 10.1 Å². The Morgan fingerprint density at radius 2 is 2.25 bits per heavy atom. The predicted molar refractivity (Wildman–Crippen MR) is 77.9 cm³/mol. The Morgan fingerprint density at radius 1 is 1.45 bits per heavy atom. The van der Waals surface area contributed by atoms with Gasteiger partial charge in [-0.25, -0.2) is 0 Å². The van der Waals surface area contributed by atoms with E-state index in [-0.39, 0.29) is 11.4 Å². The Bertz CT molecular complexity index is 659. The molecule has 2 rings (SSSR count). The fourth-order valence-corrected chi connectivity index (χ4v) is 1.92. The molecule has 102 valence electrons. The number of hydrogen-bond acceptors (Lipinski definition) is 5. The topological polar surface area (TPSA) is 77.6 Å². The molecule has 7 heteroatoms. The Balaban J connectivity index is 2.20. The minimum Gasteiger partial charge on any atom is -0.356 e. The van der Waals surface area contributed by atoms with Crippen LogP contribution in [0, 0.1) is 10.1 Å². The zero-order valence-corrected chi connectivity index (χ0v) is 12.1. The molecule has 0 aliphatic rings. The van der Waals surface area contributed by atoms with E-state index in [1.165, 1.54) is 12.1 Å². The van der Waals surface area contributed by atoms with Crippen LogP contribution in [0.3, 0.4) is 0 Å². The predicted octanol–water partition coefficient (Wildman–Crippen LogP) is 3.56. The number of hydrogen-bond donors (Lipinski definition) is 0. The Kier molecular flexibility index (Phi) is 4.41. The number of halogens is 1. The van der Waals surface area contributed by atoms with Crippen LogP contribution in [0.15, 0.2) is 52.4 Å². The van der Waals surface area contributed by atoms with Gasteiger partial charge in [-0.15, -0.1) is 0 Å². The van der Waals surface area contributed by atoms with Gasteiger partial charge in [-0.1, -0.05) is 21.1 Å². The maximum atomic E-state index is 10.8. The lowest BCUT2D eigenvalue weighted by molar-refractivity contribution is -0.385. The van der Waals surface area contributed by atoms with Gasteiger partial charge in [-0.05, 0) is 25.1 Å². The first-order valence-corrected chi connectivity index (χ1v) is 6.42. The van der Waals surface area contributed by atoms with E-state index < -0.39 is 4.92 Å². The maximum Gasteiger partial charge on any atom is 0.274 e. The van der Waals surface area contributed by atoms with E-state index in [1.54, 1.807) is 31.5 Å². The van der Waals surface area contributed by atoms with Gasteiger partial charge in [-0.3, -0.25) is 15.1 Å². The molecule has 0 saturated carbocycles. The quantitative estimate of drug-likeness (QED) is 0.486. The molecule has 6 nitrogen and oxygen atoms in total. The third-order valence-corrected chi connectivity index (χ3v) is 2.89. The van der Waals surface area contributed by atoms with E-state index in [4.69, 9.17) is 4.84 Å². The Hall–Kier alpha value is -2.28. The molecule has 2 aromatic rings. The number of nitro groups is 1. The summed E-state index contributed by atoms with van der Waals surface area (Å²) in [7, 11) is 0. The number of rotatable bonds is 4. The van der Waals surface area contributed by atoms with E-state index in [1.807, 2.05) is 6.07 Å². The van der Waals surface area contributed by atoms with Crippen LogP contribution in [0.1, 0.15) is 12.5 Å². The minimum absolute atomic E-state index is 0.0661. The summed E-state index contributed by atoms with van der Waals surface area (Å²) in [6.45, 7) is 1.77. The van der Waals surface area contributed by atoms with Gasteiger partial charge < -0.3 is 4.84 Å². The number of aromatic nitrogens is 1. The molecule has 0 N–H and O–H groups in total. The lowest BCUT2D eigenvalue weighted by Crippen LogP contribution is -1.98. The van der Waals surface area contributed by atoms with Crippen molar-refractivity contribution in [2.45, 2.75) is 6.92 Å². The molecule has 1 aromatic carbocycles. The molecule has 1 heterocycles. The van der Waals surface area contributed by atoms with Crippen molar-refractivity contribution in [2.75, 3.05) is 0 Å². The number of nitrogens with zero attached hydrogens (tertiary/aromatic N) is 3. The van der Waals surface area contributed by atoms with Crippen LogP contribution in [0.5, 0.6) is 5.75 Å². The molecule has 0 radical (unpaired) electrons. The van der Waals surface area contributed by atoms with Crippen molar-refractivity contribution in [3.63, 3.8) is 0 Å².